The predicted molar refractivity (Wildman–Crippen MR) is 122 cm³/mol. The fourth-order valence-electron chi connectivity index (χ4n) is 4.37. The summed E-state index contributed by atoms with van der Waals surface area (Å²) in [6.07, 6.45) is 2.12. The van der Waals surface area contributed by atoms with Crippen LogP contribution in [0, 0.1) is 13.8 Å². The fraction of sp³-hybridized carbons (Fsp3) is 0.458. The number of aromatic hydroxyl groups is 1. The van der Waals surface area contributed by atoms with E-state index in [1.54, 1.807) is 6.07 Å². The van der Waals surface area contributed by atoms with E-state index in [4.69, 9.17) is 0 Å². The Bertz CT molecular complexity index is 1010. The van der Waals surface area contributed by atoms with E-state index in [0.717, 1.165) is 57.0 Å². The van der Waals surface area contributed by atoms with Gasteiger partial charge in [-0.15, -0.1) is 5.10 Å². The first-order valence-electron chi connectivity index (χ1n) is 11.2. The molecule has 1 N–H and O–H groups in total. The number of aryl methyl sites for hydroxylation is 3. The summed E-state index contributed by atoms with van der Waals surface area (Å²) < 4.78 is 1.93. The van der Waals surface area contributed by atoms with Crippen LogP contribution in [-0.2, 0) is 6.54 Å². The van der Waals surface area contributed by atoms with Gasteiger partial charge in [-0.05, 0) is 65.6 Å². The van der Waals surface area contributed by atoms with Gasteiger partial charge < -0.3 is 10.0 Å². The van der Waals surface area contributed by atoms with E-state index in [1.807, 2.05) is 16.8 Å². The number of nitrogens with zero attached hydrogens (tertiary/aromatic N) is 6. The van der Waals surface area contributed by atoms with Crippen LogP contribution in [-0.4, -0.2) is 56.4 Å². The Morgan fingerprint density at radius 1 is 1.03 bits per heavy atom. The number of aromatic nitrogens is 4. The highest BCUT2D eigenvalue weighted by atomic mass is 16.3. The van der Waals surface area contributed by atoms with Crippen molar-refractivity contribution in [3.63, 3.8) is 0 Å². The molecule has 31 heavy (non-hydrogen) atoms. The van der Waals surface area contributed by atoms with E-state index in [9.17, 15) is 5.11 Å². The minimum Gasteiger partial charge on any atom is -0.508 e. The number of rotatable bonds is 7. The van der Waals surface area contributed by atoms with Gasteiger partial charge >= 0.3 is 0 Å². The molecule has 2 heterocycles. The molecule has 1 saturated heterocycles. The molecule has 0 amide bonds. The van der Waals surface area contributed by atoms with E-state index in [1.165, 1.54) is 16.8 Å². The van der Waals surface area contributed by atoms with Crippen molar-refractivity contribution in [2.75, 3.05) is 31.1 Å². The smallest absolute Gasteiger partial charge is 0.173 e. The number of unbranched alkanes of at least 4 members (excludes halogenated alkanes) is 1. The SMILES string of the molecule is CCCCn1nnnc1C(c1cccc(O)c1)N1CCN(c2cc(C)ccc2C)CC1. The van der Waals surface area contributed by atoms with Crippen LogP contribution in [0.5, 0.6) is 5.75 Å². The highest BCUT2D eigenvalue weighted by Gasteiger charge is 2.31. The molecule has 0 bridgehead atoms. The second kappa shape index (κ2) is 9.47. The molecule has 164 valence electrons. The third kappa shape index (κ3) is 4.71. The van der Waals surface area contributed by atoms with Crippen molar-refractivity contribution >= 4 is 5.69 Å². The number of benzene rings is 2. The van der Waals surface area contributed by atoms with Crippen molar-refractivity contribution in [1.82, 2.24) is 25.1 Å². The van der Waals surface area contributed by atoms with Crippen molar-refractivity contribution in [3.8, 4) is 5.75 Å². The number of hydrogen-bond donors (Lipinski definition) is 1. The topological polar surface area (TPSA) is 70.3 Å². The molecule has 2 aromatic carbocycles. The number of phenolic OH excluding ortho intramolecular Hbond substituents is 1. The van der Waals surface area contributed by atoms with Gasteiger partial charge in [-0.25, -0.2) is 4.68 Å². The van der Waals surface area contributed by atoms with Gasteiger partial charge in [0.15, 0.2) is 5.82 Å². The van der Waals surface area contributed by atoms with Crippen molar-refractivity contribution in [3.05, 3.63) is 65.0 Å². The molecule has 7 nitrogen and oxygen atoms in total. The van der Waals surface area contributed by atoms with Crippen LogP contribution in [0.1, 0.15) is 48.3 Å². The molecule has 7 heteroatoms. The average Bonchev–Trinajstić information content (AvgIpc) is 3.23. The minimum atomic E-state index is -0.0836. The van der Waals surface area contributed by atoms with Crippen LogP contribution >= 0.6 is 0 Å². The van der Waals surface area contributed by atoms with Crippen molar-refractivity contribution < 1.29 is 5.11 Å². The van der Waals surface area contributed by atoms with Gasteiger partial charge in [-0.3, -0.25) is 4.90 Å². The highest BCUT2D eigenvalue weighted by Crippen LogP contribution is 2.31. The maximum Gasteiger partial charge on any atom is 0.173 e. The molecular formula is C24H32N6O. The van der Waals surface area contributed by atoms with E-state index >= 15 is 0 Å². The number of anilines is 1. The van der Waals surface area contributed by atoms with Crippen LogP contribution < -0.4 is 4.90 Å². The zero-order valence-corrected chi connectivity index (χ0v) is 18.7. The van der Waals surface area contributed by atoms with E-state index in [2.05, 4.69) is 70.4 Å². The van der Waals surface area contributed by atoms with Gasteiger partial charge in [0.1, 0.15) is 5.75 Å². The Balaban J connectivity index is 1.60. The molecule has 1 aliphatic heterocycles. The average molecular weight is 421 g/mol. The van der Waals surface area contributed by atoms with Gasteiger partial charge in [0, 0.05) is 38.4 Å². The number of piperazine rings is 1. The third-order valence-corrected chi connectivity index (χ3v) is 6.10. The maximum absolute atomic E-state index is 10.1. The Hall–Kier alpha value is -2.93. The second-order valence-corrected chi connectivity index (χ2v) is 8.42. The second-order valence-electron chi connectivity index (χ2n) is 8.42. The lowest BCUT2D eigenvalue weighted by molar-refractivity contribution is 0.200. The Morgan fingerprint density at radius 2 is 1.84 bits per heavy atom. The lowest BCUT2D eigenvalue weighted by Crippen LogP contribution is -2.48. The molecule has 1 aliphatic rings. The van der Waals surface area contributed by atoms with E-state index in [0.29, 0.717) is 0 Å². The summed E-state index contributed by atoms with van der Waals surface area (Å²) in [6, 6.07) is 14.1. The summed E-state index contributed by atoms with van der Waals surface area (Å²) in [5, 5.41) is 22.8. The standard InChI is InChI=1S/C24H32N6O/c1-4-5-11-30-24(25-26-27-30)23(20-7-6-8-21(31)17-20)29-14-12-28(13-15-29)22-16-18(2)9-10-19(22)3/h6-10,16-17,23,31H,4-5,11-15H2,1-3H3. The van der Waals surface area contributed by atoms with Crippen LogP contribution in [0.2, 0.25) is 0 Å². The first-order chi connectivity index (χ1) is 15.1. The van der Waals surface area contributed by atoms with E-state index in [-0.39, 0.29) is 11.8 Å². The van der Waals surface area contributed by atoms with Gasteiger partial charge in [0.05, 0.1) is 6.04 Å². The van der Waals surface area contributed by atoms with E-state index < -0.39 is 0 Å². The zero-order chi connectivity index (χ0) is 21.8. The molecule has 4 rings (SSSR count). The van der Waals surface area contributed by atoms with Crippen LogP contribution in [0.15, 0.2) is 42.5 Å². The van der Waals surface area contributed by atoms with Crippen molar-refractivity contribution in [1.29, 1.82) is 0 Å². The molecule has 0 aliphatic carbocycles. The van der Waals surface area contributed by atoms with Crippen LogP contribution in [0.25, 0.3) is 0 Å². The van der Waals surface area contributed by atoms with Gasteiger partial charge in [0.2, 0.25) is 0 Å². The highest BCUT2D eigenvalue weighted by molar-refractivity contribution is 5.55. The number of phenols is 1. The van der Waals surface area contributed by atoms with Crippen LogP contribution in [0.3, 0.4) is 0 Å². The summed E-state index contributed by atoms with van der Waals surface area (Å²) in [6.45, 7) is 11.0. The quantitative estimate of drug-likeness (QED) is 0.628. The summed E-state index contributed by atoms with van der Waals surface area (Å²) in [5.74, 6) is 1.11. The normalized spacial score (nSPS) is 15.9. The predicted octanol–water partition coefficient (Wildman–Crippen LogP) is 3.71. The number of hydrogen-bond acceptors (Lipinski definition) is 6. The Labute approximate surface area is 184 Å². The molecule has 1 fully saturated rings. The van der Waals surface area contributed by atoms with Crippen molar-refractivity contribution in [2.24, 2.45) is 0 Å². The molecule has 1 atom stereocenters. The largest absolute Gasteiger partial charge is 0.508 e. The summed E-state index contributed by atoms with van der Waals surface area (Å²) in [5.41, 5.74) is 4.94. The lowest BCUT2D eigenvalue weighted by atomic mass is 10.0. The minimum absolute atomic E-state index is 0.0836. The zero-order valence-electron chi connectivity index (χ0n) is 18.7. The summed E-state index contributed by atoms with van der Waals surface area (Å²) >= 11 is 0. The Morgan fingerprint density at radius 3 is 2.58 bits per heavy atom. The molecule has 0 spiro atoms. The van der Waals surface area contributed by atoms with Gasteiger partial charge in [-0.1, -0.05) is 37.6 Å². The maximum atomic E-state index is 10.1. The Kier molecular flexibility index (Phi) is 6.51. The molecule has 1 aromatic heterocycles. The monoisotopic (exact) mass is 420 g/mol. The lowest BCUT2D eigenvalue weighted by Gasteiger charge is -2.40. The number of tetrazole rings is 1. The first-order valence-corrected chi connectivity index (χ1v) is 11.2. The summed E-state index contributed by atoms with van der Waals surface area (Å²) in [7, 11) is 0. The third-order valence-electron chi connectivity index (χ3n) is 6.10. The summed E-state index contributed by atoms with van der Waals surface area (Å²) in [4.78, 5) is 4.91. The van der Waals surface area contributed by atoms with Gasteiger partial charge in [0.25, 0.3) is 0 Å². The molecule has 0 saturated carbocycles. The molecular weight excluding hydrogens is 388 g/mol. The molecule has 3 aromatic rings. The fourth-order valence-corrected chi connectivity index (χ4v) is 4.37. The molecule has 0 radical (unpaired) electrons. The van der Waals surface area contributed by atoms with Gasteiger partial charge in [-0.2, -0.15) is 0 Å². The molecule has 1 unspecified atom stereocenters. The van der Waals surface area contributed by atoms with Crippen LogP contribution in [0.4, 0.5) is 5.69 Å². The van der Waals surface area contributed by atoms with Crippen molar-refractivity contribution in [2.45, 2.75) is 46.2 Å². The first kappa shape index (κ1) is 21.3.